The van der Waals surface area contributed by atoms with Crippen LogP contribution in [-0.4, -0.2) is 29.5 Å². The minimum Gasteiger partial charge on any atom is -0.409 e. The number of hydrogen-bond donors (Lipinski definition) is 2. The zero-order valence-corrected chi connectivity index (χ0v) is 9.80. The van der Waals surface area contributed by atoms with Crippen LogP contribution in [0.15, 0.2) is 35.5 Å². The third-order valence-corrected chi connectivity index (χ3v) is 2.75. The van der Waals surface area contributed by atoms with Gasteiger partial charge in [-0.1, -0.05) is 42.4 Å². The van der Waals surface area contributed by atoms with Gasteiger partial charge in [-0.05, 0) is 19.2 Å². The standard InChI is InChI=1S/C12H19N3O/c1-3-15(2)11(9-12(13)14-16)10-7-5-4-6-8-10/h4-8,11,16H,3,9H2,1-2H3,(H2,13,14). The van der Waals surface area contributed by atoms with Gasteiger partial charge in [-0.25, -0.2) is 0 Å². The van der Waals surface area contributed by atoms with Crippen molar-refractivity contribution >= 4 is 5.84 Å². The van der Waals surface area contributed by atoms with E-state index in [4.69, 9.17) is 10.9 Å². The summed E-state index contributed by atoms with van der Waals surface area (Å²) in [6.45, 7) is 3.00. The lowest BCUT2D eigenvalue weighted by Crippen LogP contribution is -2.28. The van der Waals surface area contributed by atoms with Crippen molar-refractivity contribution in [2.24, 2.45) is 10.9 Å². The maximum absolute atomic E-state index is 8.63. The predicted octanol–water partition coefficient (Wildman–Crippen LogP) is 1.82. The second-order valence-corrected chi connectivity index (χ2v) is 3.80. The van der Waals surface area contributed by atoms with Gasteiger partial charge >= 0.3 is 0 Å². The normalized spacial score (nSPS) is 14.1. The molecular formula is C12H19N3O. The molecule has 0 fully saturated rings. The molecule has 1 rings (SSSR count). The lowest BCUT2D eigenvalue weighted by atomic mass is 10.0. The van der Waals surface area contributed by atoms with E-state index in [1.807, 2.05) is 25.2 Å². The van der Waals surface area contributed by atoms with E-state index < -0.39 is 0 Å². The number of nitrogens with zero attached hydrogens (tertiary/aromatic N) is 2. The summed E-state index contributed by atoms with van der Waals surface area (Å²) in [4.78, 5) is 2.17. The molecule has 88 valence electrons. The van der Waals surface area contributed by atoms with Crippen molar-refractivity contribution in [3.05, 3.63) is 35.9 Å². The monoisotopic (exact) mass is 221 g/mol. The molecule has 4 heteroatoms. The number of hydrogen-bond acceptors (Lipinski definition) is 3. The Morgan fingerprint density at radius 1 is 1.44 bits per heavy atom. The number of rotatable bonds is 5. The summed E-state index contributed by atoms with van der Waals surface area (Å²) in [6.07, 6.45) is 0.533. The zero-order chi connectivity index (χ0) is 12.0. The molecule has 0 bridgehead atoms. The van der Waals surface area contributed by atoms with Crippen LogP contribution in [-0.2, 0) is 0 Å². The highest BCUT2D eigenvalue weighted by molar-refractivity contribution is 5.80. The van der Waals surface area contributed by atoms with E-state index in [-0.39, 0.29) is 11.9 Å². The van der Waals surface area contributed by atoms with Crippen molar-refractivity contribution < 1.29 is 5.21 Å². The maximum atomic E-state index is 8.63. The van der Waals surface area contributed by atoms with Crippen LogP contribution in [0.5, 0.6) is 0 Å². The Morgan fingerprint density at radius 2 is 2.06 bits per heavy atom. The van der Waals surface area contributed by atoms with Gasteiger partial charge in [-0.2, -0.15) is 0 Å². The van der Waals surface area contributed by atoms with Crippen molar-refractivity contribution in [1.82, 2.24) is 4.90 Å². The molecule has 1 atom stereocenters. The van der Waals surface area contributed by atoms with Crippen molar-refractivity contribution in [1.29, 1.82) is 0 Å². The van der Waals surface area contributed by atoms with E-state index in [9.17, 15) is 0 Å². The first-order valence-corrected chi connectivity index (χ1v) is 5.40. The third-order valence-electron chi connectivity index (χ3n) is 2.75. The molecule has 16 heavy (non-hydrogen) atoms. The van der Waals surface area contributed by atoms with Crippen molar-refractivity contribution in [2.75, 3.05) is 13.6 Å². The summed E-state index contributed by atoms with van der Waals surface area (Å²) in [5.74, 6) is 0.258. The summed E-state index contributed by atoms with van der Waals surface area (Å²) in [6, 6.07) is 10.2. The fourth-order valence-electron chi connectivity index (χ4n) is 1.66. The Balaban J connectivity index is 2.88. The van der Waals surface area contributed by atoms with Crippen LogP contribution in [0.2, 0.25) is 0 Å². The number of oxime groups is 1. The molecule has 0 heterocycles. The molecule has 0 saturated heterocycles. The van der Waals surface area contributed by atoms with Crippen molar-refractivity contribution in [3.63, 3.8) is 0 Å². The van der Waals surface area contributed by atoms with Gasteiger partial charge in [0.15, 0.2) is 0 Å². The third kappa shape index (κ3) is 3.24. The van der Waals surface area contributed by atoms with E-state index in [0.29, 0.717) is 6.42 Å². The Labute approximate surface area is 96.4 Å². The molecule has 0 saturated carbocycles. The molecular weight excluding hydrogens is 202 g/mol. The highest BCUT2D eigenvalue weighted by atomic mass is 16.4. The molecule has 0 aliphatic carbocycles. The molecule has 0 spiro atoms. The summed E-state index contributed by atoms with van der Waals surface area (Å²) < 4.78 is 0. The molecule has 1 aromatic carbocycles. The molecule has 0 aromatic heterocycles. The van der Waals surface area contributed by atoms with Crippen molar-refractivity contribution in [3.8, 4) is 0 Å². The highest BCUT2D eigenvalue weighted by Crippen LogP contribution is 2.22. The fourth-order valence-corrected chi connectivity index (χ4v) is 1.66. The first-order chi connectivity index (χ1) is 7.69. The SMILES string of the molecule is CCN(C)C(CC(N)=NO)c1ccccc1. The van der Waals surface area contributed by atoms with E-state index in [0.717, 1.165) is 6.54 Å². The largest absolute Gasteiger partial charge is 0.409 e. The zero-order valence-electron chi connectivity index (χ0n) is 9.80. The fraction of sp³-hybridized carbons (Fsp3) is 0.417. The second kappa shape index (κ2) is 6.12. The van der Waals surface area contributed by atoms with Crippen LogP contribution >= 0.6 is 0 Å². The van der Waals surface area contributed by atoms with Gasteiger partial charge in [0.1, 0.15) is 5.84 Å². The van der Waals surface area contributed by atoms with Crippen molar-refractivity contribution in [2.45, 2.75) is 19.4 Å². The molecule has 1 aromatic rings. The molecule has 4 nitrogen and oxygen atoms in total. The second-order valence-electron chi connectivity index (χ2n) is 3.80. The van der Waals surface area contributed by atoms with Crippen LogP contribution in [0.3, 0.4) is 0 Å². The van der Waals surface area contributed by atoms with Gasteiger partial charge in [0.2, 0.25) is 0 Å². The molecule has 0 aliphatic rings. The van der Waals surface area contributed by atoms with Gasteiger partial charge < -0.3 is 10.9 Å². The lowest BCUT2D eigenvalue weighted by molar-refractivity contribution is 0.258. The van der Waals surface area contributed by atoms with E-state index in [1.165, 1.54) is 5.56 Å². The summed E-state index contributed by atoms with van der Waals surface area (Å²) in [7, 11) is 2.03. The first-order valence-electron chi connectivity index (χ1n) is 5.40. The minimum absolute atomic E-state index is 0.155. The minimum atomic E-state index is 0.155. The summed E-state index contributed by atoms with van der Waals surface area (Å²) in [5.41, 5.74) is 6.76. The Morgan fingerprint density at radius 3 is 2.56 bits per heavy atom. The summed E-state index contributed by atoms with van der Waals surface area (Å²) >= 11 is 0. The quantitative estimate of drug-likeness (QED) is 0.345. The van der Waals surface area contributed by atoms with Crippen LogP contribution < -0.4 is 5.73 Å². The van der Waals surface area contributed by atoms with E-state index >= 15 is 0 Å². The predicted molar refractivity (Wildman–Crippen MR) is 65.5 cm³/mol. The number of amidine groups is 1. The average Bonchev–Trinajstić information content (AvgIpc) is 2.35. The lowest BCUT2D eigenvalue weighted by Gasteiger charge is -2.26. The number of nitrogens with two attached hydrogens (primary N) is 1. The topological polar surface area (TPSA) is 61.8 Å². The maximum Gasteiger partial charge on any atom is 0.141 e. The first kappa shape index (κ1) is 12.5. The van der Waals surface area contributed by atoms with Gasteiger partial charge in [0.25, 0.3) is 0 Å². The molecule has 3 N–H and O–H groups in total. The highest BCUT2D eigenvalue weighted by Gasteiger charge is 2.17. The van der Waals surface area contributed by atoms with Crippen LogP contribution in [0.1, 0.15) is 24.9 Å². The molecule has 1 unspecified atom stereocenters. The van der Waals surface area contributed by atoms with Crippen LogP contribution in [0.25, 0.3) is 0 Å². The molecule has 0 aliphatic heterocycles. The Hall–Kier alpha value is -1.55. The molecule has 0 amide bonds. The smallest absolute Gasteiger partial charge is 0.141 e. The number of benzene rings is 1. The average molecular weight is 221 g/mol. The Kier molecular flexibility index (Phi) is 4.79. The van der Waals surface area contributed by atoms with E-state index in [2.05, 4.69) is 29.1 Å². The Bertz CT molecular complexity index is 337. The van der Waals surface area contributed by atoms with Crippen LogP contribution in [0.4, 0.5) is 0 Å². The van der Waals surface area contributed by atoms with Gasteiger partial charge in [-0.15, -0.1) is 0 Å². The molecule has 0 radical (unpaired) electrons. The summed E-state index contributed by atoms with van der Waals surface area (Å²) in [5, 5.41) is 11.7. The van der Waals surface area contributed by atoms with Gasteiger partial charge in [-0.3, -0.25) is 4.90 Å². The van der Waals surface area contributed by atoms with Gasteiger partial charge in [0, 0.05) is 12.5 Å². The van der Waals surface area contributed by atoms with E-state index in [1.54, 1.807) is 0 Å². The van der Waals surface area contributed by atoms with Crippen LogP contribution in [0, 0.1) is 0 Å². The van der Waals surface area contributed by atoms with Gasteiger partial charge in [0.05, 0.1) is 0 Å².